The molecule has 1 saturated carbocycles. The molecule has 5 atom stereocenters. The fourth-order valence-corrected chi connectivity index (χ4v) is 5.37. The van der Waals surface area contributed by atoms with Gasteiger partial charge in [0, 0.05) is 12.5 Å². The SMILES string of the molecule is CC(Nc1nc(C(F)(F)F)nc2c1ncn2[C@@H]1O[C@H](Cc2ccccc2C(=O)O)[C@@H](OC(=O)c2ccccc2)[C@@H]1F)C1CC1. The number of rotatable bonds is 9. The van der Waals surface area contributed by atoms with Crippen molar-refractivity contribution in [3.63, 3.8) is 0 Å². The molecule has 1 aliphatic heterocycles. The second kappa shape index (κ2) is 11.5. The number of alkyl halides is 4. The minimum atomic E-state index is -4.91. The van der Waals surface area contributed by atoms with Crippen LogP contribution in [0.2, 0.25) is 0 Å². The van der Waals surface area contributed by atoms with Gasteiger partial charge in [-0.2, -0.15) is 13.2 Å². The molecule has 2 aromatic heterocycles. The van der Waals surface area contributed by atoms with E-state index in [1.807, 2.05) is 6.92 Å². The molecule has 3 heterocycles. The van der Waals surface area contributed by atoms with Gasteiger partial charge in [0.15, 0.2) is 35.5 Å². The molecule has 230 valence electrons. The van der Waals surface area contributed by atoms with Gasteiger partial charge in [-0.15, -0.1) is 0 Å². The maximum atomic E-state index is 16.3. The monoisotopic (exact) mass is 613 g/mol. The standard InChI is InChI=1S/C30H27F4N5O5/c1-15(16-11-12-16)36-24-22-25(38-29(37-24)30(32,33)34)39(14-35-22)26-21(31)23(44-28(42)17-7-3-2-4-8-17)20(43-26)13-18-9-5-6-10-19(18)27(40)41/h2-10,14-16,20-21,23,26H,11-13H2,1H3,(H,40,41)(H,36,37,38)/t15?,20-,21+,23-,26-/m1/s1. The molecule has 44 heavy (non-hydrogen) atoms. The molecule has 2 fully saturated rings. The van der Waals surface area contributed by atoms with Gasteiger partial charge in [-0.1, -0.05) is 36.4 Å². The van der Waals surface area contributed by atoms with E-state index < -0.39 is 48.5 Å². The smallest absolute Gasteiger partial charge is 0.451 e. The number of hydrogen-bond acceptors (Lipinski definition) is 8. The van der Waals surface area contributed by atoms with Crippen molar-refractivity contribution in [2.75, 3.05) is 5.32 Å². The van der Waals surface area contributed by atoms with E-state index >= 15 is 4.39 Å². The first-order valence-electron chi connectivity index (χ1n) is 14.0. The Morgan fingerprint density at radius 3 is 2.50 bits per heavy atom. The molecule has 2 aromatic carbocycles. The maximum Gasteiger partial charge on any atom is 0.451 e. The Kier molecular flexibility index (Phi) is 7.70. The quantitative estimate of drug-likeness (QED) is 0.187. The number of benzene rings is 2. The van der Waals surface area contributed by atoms with Crippen LogP contribution in [-0.4, -0.2) is 61.0 Å². The van der Waals surface area contributed by atoms with E-state index in [1.54, 1.807) is 24.3 Å². The van der Waals surface area contributed by atoms with Crippen LogP contribution in [0, 0.1) is 5.92 Å². The number of halogens is 4. The summed E-state index contributed by atoms with van der Waals surface area (Å²) in [4.78, 5) is 36.4. The molecule has 2 aliphatic rings. The fourth-order valence-electron chi connectivity index (χ4n) is 5.37. The summed E-state index contributed by atoms with van der Waals surface area (Å²) < 4.78 is 70.6. The van der Waals surface area contributed by atoms with Crippen LogP contribution in [0.3, 0.4) is 0 Å². The van der Waals surface area contributed by atoms with Gasteiger partial charge in [0.2, 0.25) is 5.82 Å². The Hall–Kier alpha value is -4.59. The first-order valence-corrected chi connectivity index (χ1v) is 14.0. The summed E-state index contributed by atoms with van der Waals surface area (Å²) in [5.74, 6) is -3.38. The van der Waals surface area contributed by atoms with Crippen molar-refractivity contribution in [1.82, 2.24) is 19.5 Å². The topological polar surface area (TPSA) is 128 Å². The molecular weight excluding hydrogens is 586 g/mol. The Balaban J connectivity index is 1.39. The van der Waals surface area contributed by atoms with Crippen LogP contribution in [0.25, 0.3) is 11.2 Å². The molecule has 6 rings (SSSR count). The van der Waals surface area contributed by atoms with Crippen molar-refractivity contribution < 1.29 is 41.7 Å². The number of nitrogens with zero attached hydrogens (tertiary/aromatic N) is 4. The van der Waals surface area contributed by atoms with Crippen LogP contribution in [0.1, 0.15) is 58.1 Å². The van der Waals surface area contributed by atoms with Crippen LogP contribution in [0.15, 0.2) is 60.9 Å². The van der Waals surface area contributed by atoms with Gasteiger partial charge in [-0.05, 0) is 49.4 Å². The number of hydrogen-bond donors (Lipinski definition) is 2. The third-order valence-electron chi connectivity index (χ3n) is 7.83. The number of aromatic nitrogens is 4. The lowest BCUT2D eigenvalue weighted by Crippen LogP contribution is -2.35. The fraction of sp³-hybridized carbons (Fsp3) is 0.367. The molecule has 0 amide bonds. The van der Waals surface area contributed by atoms with Crippen molar-refractivity contribution in [2.45, 2.75) is 63.0 Å². The largest absolute Gasteiger partial charge is 0.478 e. The van der Waals surface area contributed by atoms with E-state index in [0.29, 0.717) is 0 Å². The van der Waals surface area contributed by atoms with Gasteiger partial charge in [0.25, 0.3) is 0 Å². The molecule has 10 nitrogen and oxygen atoms in total. The Morgan fingerprint density at radius 2 is 1.82 bits per heavy atom. The average molecular weight is 614 g/mol. The molecule has 1 saturated heterocycles. The highest BCUT2D eigenvalue weighted by molar-refractivity contribution is 5.90. The summed E-state index contributed by atoms with van der Waals surface area (Å²) in [7, 11) is 0. The number of carbonyl (C=O) groups excluding carboxylic acids is 1. The summed E-state index contributed by atoms with van der Waals surface area (Å²) in [5.41, 5.74) is 0.0311. The molecule has 0 spiro atoms. The van der Waals surface area contributed by atoms with Gasteiger partial charge in [-0.25, -0.2) is 28.9 Å². The predicted octanol–water partition coefficient (Wildman–Crippen LogP) is 5.46. The number of ether oxygens (including phenoxy) is 2. The summed E-state index contributed by atoms with van der Waals surface area (Å²) in [6.45, 7) is 1.83. The van der Waals surface area contributed by atoms with Gasteiger partial charge in [-0.3, -0.25) is 4.57 Å². The highest BCUT2D eigenvalue weighted by Crippen LogP contribution is 2.40. The average Bonchev–Trinajstić information content (AvgIpc) is 3.70. The number of carbonyl (C=O) groups is 2. The lowest BCUT2D eigenvalue weighted by atomic mass is 9.98. The van der Waals surface area contributed by atoms with Crippen molar-refractivity contribution in [2.24, 2.45) is 5.92 Å². The van der Waals surface area contributed by atoms with Crippen molar-refractivity contribution in [3.05, 3.63) is 83.4 Å². The highest BCUT2D eigenvalue weighted by atomic mass is 19.4. The van der Waals surface area contributed by atoms with Crippen LogP contribution < -0.4 is 5.32 Å². The second-order valence-electron chi connectivity index (χ2n) is 10.9. The molecule has 14 heteroatoms. The highest BCUT2D eigenvalue weighted by Gasteiger charge is 2.50. The van der Waals surface area contributed by atoms with Crippen LogP contribution in [-0.2, 0) is 22.1 Å². The number of carboxylic acids is 1. The Morgan fingerprint density at radius 1 is 1.11 bits per heavy atom. The van der Waals surface area contributed by atoms with E-state index in [9.17, 15) is 27.9 Å². The number of nitrogens with one attached hydrogen (secondary N) is 1. The normalized spacial score (nSPS) is 22.6. The second-order valence-corrected chi connectivity index (χ2v) is 10.9. The van der Waals surface area contributed by atoms with Crippen LogP contribution >= 0.6 is 0 Å². The number of esters is 1. The maximum absolute atomic E-state index is 16.3. The number of aromatic carboxylic acids is 1. The minimum Gasteiger partial charge on any atom is -0.478 e. The molecule has 4 aromatic rings. The molecular formula is C30H27F4N5O5. The van der Waals surface area contributed by atoms with Crippen LogP contribution in [0.5, 0.6) is 0 Å². The van der Waals surface area contributed by atoms with Crippen LogP contribution in [0.4, 0.5) is 23.4 Å². The minimum absolute atomic E-state index is 0.0150. The van der Waals surface area contributed by atoms with Gasteiger partial charge in [0.05, 0.1) is 17.5 Å². The van der Waals surface area contributed by atoms with Crippen molar-refractivity contribution >= 4 is 28.9 Å². The van der Waals surface area contributed by atoms with E-state index in [0.717, 1.165) is 23.7 Å². The van der Waals surface area contributed by atoms with Gasteiger partial charge >= 0.3 is 18.1 Å². The molecule has 1 aliphatic carbocycles. The third-order valence-corrected chi connectivity index (χ3v) is 7.83. The van der Waals surface area contributed by atoms with Crippen molar-refractivity contribution in [1.29, 1.82) is 0 Å². The molecule has 2 N–H and O–H groups in total. The zero-order chi connectivity index (χ0) is 31.2. The lowest BCUT2D eigenvalue weighted by Gasteiger charge is -2.20. The first kappa shape index (κ1) is 29.5. The number of anilines is 1. The lowest BCUT2D eigenvalue weighted by molar-refractivity contribution is -0.144. The number of carboxylic acid groups (broad SMARTS) is 1. The van der Waals surface area contributed by atoms with Gasteiger partial charge < -0.3 is 19.9 Å². The first-order chi connectivity index (χ1) is 21.0. The molecule has 1 unspecified atom stereocenters. The van der Waals surface area contributed by atoms with E-state index in [-0.39, 0.29) is 52.1 Å². The van der Waals surface area contributed by atoms with Gasteiger partial charge in [0.1, 0.15) is 6.10 Å². The zero-order valence-electron chi connectivity index (χ0n) is 23.2. The molecule has 0 radical (unpaired) electrons. The summed E-state index contributed by atoms with van der Waals surface area (Å²) in [6.07, 6.45) is -8.59. The summed E-state index contributed by atoms with van der Waals surface area (Å²) >= 11 is 0. The predicted molar refractivity (Wildman–Crippen MR) is 148 cm³/mol. The molecule has 0 bridgehead atoms. The van der Waals surface area contributed by atoms with E-state index in [4.69, 9.17) is 9.47 Å². The number of imidazole rings is 1. The summed E-state index contributed by atoms with van der Waals surface area (Å²) in [5, 5.41) is 12.7. The van der Waals surface area contributed by atoms with E-state index in [2.05, 4.69) is 20.3 Å². The summed E-state index contributed by atoms with van der Waals surface area (Å²) in [6, 6.07) is 13.7. The Labute approximate surface area is 248 Å². The third kappa shape index (κ3) is 5.81. The number of fused-ring (bicyclic) bond motifs is 1. The van der Waals surface area contributed by atoms with E-state index in [1.165, 1.54) is 30.3 Å². The van der Waals surface area contributed by atoms with Crippen molar-refractivity contribution in [3.8, 4) is 0 Å². The Bertz CT molecular complexity index is 1690. The zero-order valence-corrected chi connectivity index (χ0v) is 23.2.